The van der Waals surface area contributed by atoms with E-state index in [2.05, 4.69) is 15.6 Å². The van der Waals surface area contributed by atoms with Crippen molar-refractivity contribution in [1.82, 2.24) is 15.6 Å². The molecule has 1 aliphatic heterocycles. The average Bonchev–Trinajstić information content (AvgIpc) is 2.68. The van der Waals surface area contributed by atoms with E-state index < -0.39 is 0 Å². The molecule has 3 rings (SSSR count). The molecule has 0 spiro atoms. The predicted molar refractivity (Wildman–Crippen MR) is 96.4 cm³/mol. The Kier molecular flexibility index (Phi) is 6.04. The van der Waals surface area contributed by atoms with E-state index in [1.165, 1.54) is 0 Å². The number of methoxy groups -OCH3 is 1. The zero-order valence-electron chi connectivity index (χ0n) is 14.9. The van der Waals surface area contributed by atoms with Crippen LogP contribution in [0.3, 0.4) is 0 Å². The molecule has 7 heteroatoms. The van der Waals surface area contributed by atoms with Crippen LogP contribution in [0.1, 0.15) is 12.5 Å². The number of ether oxygens (including phenoxy) is 3. The van der Waals surface area contributed by atoms with E-state index in [1.807, 2.05) is 31.2 Å². The van der Waals surface area contributed by atoms with E-state index >= 15 is 0 Å². The second-order valence-electron chi connectivity index (χ2n) is 6.01. The third kappa shape index (κ3) is 4.71. The molecule has 1 fully saturated rings. The van der Waals surface area contributed by atoms with Gasteiger partial charge in [0.25, 0.3) is 0 Å². The highest BCUT2D eigenvalue weighted by molar-refractivity contribution is 5.82. The van der Waals surface area contributed by atoms with Gasteiger partial charge in [-0.2, -0.15) is 0 Å². The minimum absolute atomic E-state index is 0.0751. The Balaban J connectivity index is 1.53. The fraction of sp³-hybridized carbons (Fsp3) is 0.368. The van der Waals surface area contributed by atoms with Crippen LogP contribution >= 0.6 is 0 Å². The van der Waals surface area contributed by atoms with Crippen molar-refractivity contribution in [2.24, 2.45) is 0 Å². The summed E-state index contributed by atoms with van der Waals surface area (Å²) < 4.78 is 16.4. The summed E-state index contributed by atoms with van der Waals surface area (Å²) >= 11 is 0. The van der Waals surface area contributed by atoms with Crippen LogP contribution in [-0.4, -0.2) is 43.3 Å². The number of hydrogen-bond donors (Lipinski definition) is 2. The molecule has 1 amide bonds. The Labute approximate surface area is 152 Å². The van der Waals surface area contributed by atoms with Gasteiger partial charge in [-0.1, -0.05) is 12.1 Å². The topological polar surface area (TPSA) is 81.7 Å². The van der Waals surface area contributed by atoms with Crippen LogP contribution in [0.25, 0.3) is 0 Å². The molecule has 0 aliphatic carbocycles. The van der Waals surface area contributed by atoms with Crippen LogP contribution in [0.5, 0.6) is 17.4 Å². The molecule has 138 valence electrons. The van der Waals surface area contributed by atoms with Crippen molar-refractivity contribution in [3.05, 3.63) is 48.2 Å². The Morgan fingerprint density at radius 1 is 1.35 bits per heavy atom. The second-order valence-corrected chi connectivity index (χ2v) is 6.01. The number of nitrogens with one attached hydrogen (secondary N) is 2. The fourth-order valence-electron chi connectivity index (χ4n) is 2.69. The molecule has 1 aliphatic rings. The third-order valence-electron chi connectivity index (χ3n) is 4.13. The standard InChI is InChI=1S/C19H23N3O4/c1-13-18(20-8-9-25-13)19(23)22-12-14-6-7-17(21-11-14)26-16-5-3-4-15(10-16)24-2/h3-7,10-11,13,18,20H,8-9,12H2,1-2H3,(H,22,23)/t13-,18+/m1/s1. The molecule has 1 aromatic heterocycles. The first kappa shape index (κ1) is 18.2. The summed E-state index contributed by atoms with van der Waals surface area (Å²) in [6, 6.07) is 10.6. The maximum absolute atomic E-state index is 12.2. The van der Waals surface area contributed by atoms with Crippen molar-refractivity contribution < 1.29 is 19.0 Å². The highest BCUT2D eigenvalue weighted by Crippen LogP contribution is 2.23. The summed E-state index contributed by atoms with van der Waals surface area (Å²) in [5.41, 5.74) is 0.890. The molecule has 0 bridgehead atoms. The monoisotopic (exact) mass is 357 g/mol. The summed E-state index contributed by atoms with van der Waals surface area (Å²) in [4.78, 5) is 16.5. The van der Waals surface area contributed by atoms with Crippen LogP contribution in [0.4, 0.5) is 0 Å². The molecule has 2 aromatic rings. The maximum atomic E-state index is 12.2. The number of nitrogens with zero attached hydrogens (tertiary/aromatic N) is 1. The van der Waals surface area contributed by atoms with Crippen LogP contribution in [0.2, 0.25) is 0 Å². The number of hydrogen-bond acceptors (Lipinski definition) is 6. The number of amides is 1. The van der Waals surface area contributed by atoms with E-state index in [1.54, 1.807) is 25.4 Å². The number of rotatable bonds is 6. The lowest BCUT2D eigenvalue weighted by atomic mass is 10.1. The molecule has 2 N–H and O–H groups in total. The molecule has 26 heavy (non-hydrogen) atoms. The third-order valence-corrected chi connectivity index (χ3v) is 4.13. The minimum Gasteiger partial charge on any atom is -0.497 e. The molecule has 0 radical (unpaired) electrons. The molecule has 1 aromatic carbocycles. The van der Waals surface area contributed by atoms with Gasteiger partial charge in [0.2, 0.25) is 11.8 Å². The average molecular weight is 357 g/mol. The summed E-state index contributed by atoms with van der Waals surface area (Å²) in [6.45, 7) is 3.60. The van der Waals surface area contributed by atoms with E-state index in [4.69, 9.17) is 14.2 Å². The number of carbonyl (C=O) groups excluding carboxylic acids is 1. The van der Waals surface area contributed by atoms with Crippen molar-refractivity contribution in [2.75, 3.05) is 20.3 Å². The van der Waals surface area contributed by atoms with Gasteiger partial charge in [0.15, 0.2) is 0 Å². The van der Waals surface area contributed by atoms with Crippen LogP contribution in [0.15, 0.2) is 42.6 Å². The van der Waals surface area contributed by atoms with Gasteiger partial charge >= 0.3 is 0 Å². The van der Waals surface area contributed by atoms with Crippen LogP contribution in [-0.2, 0) is 16.1 Å². The van der Waals surface area contributed by atoms with Gasteiger partial charge in [0.05, 0.1) is 19.8 Å². The number of benzene rings is 1. The van der Waals surface area contributed by atoms with E-state index in [9.17, 15) is 4.79 Å². The van der Waals surface area contributed by atoms with E-state index in [0.29, 0.717) is 31.3 Å². The van der Waals surface area contributed by atoms with Gasteiger partial charge in [0.1, 0.15) is 17.5 Å². The maximum Gasteiger partial charge on any atom is 0.240 e. The smallest absolute Gasteiger partial charge is 0.240 e. The zero-order chi connectivity index (χ0) is 18.4. The van der Waals surface area contributed by atoms with Crippen molar-refractivity contribution in [2.45, 2.75) is 25.6 Å². The predicted octanol–water partition coefficient (Wildman–Crippen LogP) is 1.88. The Bertz CT molecular complexity index is 736. The summed E-state index contributed by atoms with van der Waals surface area (Å²) in [6.07, 6.45) is 1.55. The van der Waals surface area contributed by atoms with E-state index in [-0.39, 0.29) is 18.1 Å². The summed E-state index contributed by atoms with van der Waals surface area (Å²) in [7, 11) is 1.61. The first-order chi connectivity index (χ1) is 12.7. The Hall–Kier alpha value is -2.64. The molecule has 7 nitrogen and oxygen atoms in total. The number of morpholine rings is 1. The lowest BCUT2D eigenvalue weighted by molar-refractivity contribution is -0.129. The molecule has 0 unspecified atom stereocenters. The lowest BCUT2D eigenvalue weighted by Crippen LogP contribution is -2.55. The highest BCUT2D eigenvalue weighted by atomic mass is 16.5. The normalized spacial score (nSPS) is 19.6. The second kappa shape index (κ2) is 8.64. The zero-order valence-corrected chi connectivity index (χ0v) is 14.9. The quantitative estimate of drug-likeness (QED) is 0.821. The van der Waals surface area contributed by atoms with Crippen molar-refractivity contribution in [3.63, 3.8) is 0 Å². The summed E-state index contributed by atoms with van der Waals surface area (Å²) in [5, 5.41) is 6.07. The van der Waals surface area contributed by atoms with E-state index in [0.717, 1.165) is 11.3 Å². The largest absolute Gasteiger partial charge is 0.497 e. The molecular weight excluding hydrogens is 334 g/mol. The molecule has 2 atom stereocenters. The fourth-order valence-corrected chi connectivity index (χ4v) is 2.69. The minimum atomic E-state index is -0.327. The van der Waals surface area contributed by atoms with Crippen molar-refractivity contribution in [1.29, 1.82) is 0 Å². The van der Waals surface area contributed by atoms with Gasteiger partial charge in [-0.25, -0.2) is 4.98 Å². The van der Waals surface area contributed by atoms with Gasteiger partial charge in [-0.15, -0.1) is 0 Å². The van der Waals surface area contributed by atoms with Gasteiger partial charge in [-0.3, -0.25) is 4.79 Å². The highest BCUT2D eigenvalue weighted by Gasteiger charge is 2.27. The first-order valence-corrected chi connectivity index (χ1v) is 8.55. The molecule has 0 saturated carbocycles. The molecule has 1 saturated heterocycles. The molecule has 2 heterocycles. The number of pyridine rings is 1. The molecular formula is C19H23N3O4. The van der Waals surface area contributed by atoms with Gasteiger partial charge in [0, 0.05) is 31.4 Å². The Morgan fingerprint density at radius 3 is 2.92 bits per heavy atom. The lowest BCUT2D eigenvalue weighted by Gasteiger charge is -2.29. The SMILES string of the molecule is COc1cccc(Oc2ccc(CNC(=O)[C@H]3NCCO[C@@H]3C)cn2)c1. The van der Waals surface area contributed by atoms with Crippen LogP contribution < -0.4 is 20.1 Å². The van der Waals surface area contributed by atoms with Crippen molar-refractivity contribution in [3.8, 4) is 17.4 Å². The van der Waals surface area contributed by atoms with Gasteiger partial charge < -0.3 is 24.8 Å². The van der Waals surface area contributed by atoms with Crippen LogP contribution in [0, 0.1) is 0 Å². The first-order valence-electron chi connectivity index (χ1n) is 8.55. The van der Waals surface area contributed by atoms with Crippen molar-refractivity contribution >= 4 is 5.91 Å². The summed E-state index contributed by atoms with van der Waals surface area (Å²) in [5.74, 6) is 1.77. The van der Waals surface area contributed by atoms with Gasteiger partial charge in [-0.05, 0) is 24.6 Å². The number of aromatic nitrogens is 1. The Morgan fingerprint density at radius 2 is 2.19 bits per heavy atom. The number of carbonyl (C=O) groups is 1.